The molecule has 12 nitrogen and oxygen atoms in total. The molecule has 12 heteroatoms. The summed E-state index contributed by atoms with van der Waals surface area (Å²) < 4.78 is 23.9. The normalized spacial score (nSPS) is 16.9. The number of amides is 1. The quantitative estimate of drug-likeness (QED) is 0.311. The number of nitrogens with zero attached hydrogens (tertiary/aromatic N) is 5. The van der Waals surface area contributed by atoms with Crippen LogP contribution in [0.5, 0.6) is 17.2 Å². The van der Waals surface area contributed by atoms with E-state index in [0.717, 1.165) is 25.1 Å². The van der Waals surface area contributed by atoms with Gasteiger partial charge in [0.1, 0.15) is 23.7 Å². The smallest absolute Gasteiger partial charge is 0.242 e. The van der Waals surface area contributed by atoms with Crippen molar-refractivity contribution in [3.63, 3.8) is 0 Å². The second-order valence-corrected chi connectivity index (χ2v) is 9.72. The summed E-state index contributed by atoms with van der Waals surface area (Å²) >= 11 is 0. The van der Waals surface area contributed by atoms with Crippen LogP contribution >= 0.6 is 0 Å². The summed E-state index contributed by atoms with van der Waals surface area (Å²) in [5, 5.41) is 6.37. The van der Waals surface area contributed by atoms with E-state index in [1.807, 2.05) is 27.8 Å². The zero-order chi connectivity index (χ0) is 26.9. The van der Waals surface area contributed by atoms with Gasteiger partial charge < -0.3 is 38.7 Å². The van der Waals surface area contributed by atoms with E-state index >= 15 is 0 Å². The number of carbonyl (C=O) groups excluding carboxylic acids is 1. The van der Waals surface area contributed by atoms with Gasteiger partial charge in [-0.1, -0.05) is 0 Å². The molecule has 1 saturated heterocycles. The fourth-order valence-electron chi connectivity index (χ4n) is 4.89. The molecule has 0 bridgehead atoms. The number of benzene rings is 1. The first-order valence-corrected chi connectivity index (χ1v) is 13.0. The number of imidazole rings is 1. The summed E-state index contributed by atoms with van der Waals surface area (Å²) in [6.07, 6.45) is 9.12. The van der Waals surface area contributed by atoms with Gasteiger partial charge >= 0.3 is 0 Å². The largest absolute Gasteiger partial charge is 0.493 e. The second-order valence-electron chi connectivity index (χ2n) is 9.72. The van der Waals surface area contributed by atoms with Gasteiger partial charge in [-0.05, 0) is 31.6 Å². The van der Waals surface area contributed by atoms with Crippen LogP contribution in [0, 0.1) is 5.92 Å². The number of ether oxygens (including phenoxy) is 3. The van der Waals surface area contributed by atoms with E-state index in [1.165, 1.54) is 12.8 Å². The summed E-state index contributed by atoms with van der Waals surface area (Å²) in [6, 6.07) is 5.17. The maximum Gasteiger partial charge on any atom is 0.242 e. The van der Waals surface area contributed by atoms with Crippen molar-refractivity contribution < 1.29 is 23.4 Å². The lowest BCUT2D eigenvalue weighted by Crippen LogP contribution is -2.44. The maximum atomic E-state index is 12.9. The van der Waals surface area contributed by atoms with Crippen molar-refractivity contribution in [3.05, 3.63) is 37.0 Å². The monoisotopic (exact) mass is 533 g/mol. The fourth-order valence-corrected chi connectivity index (χ4v) is 4.89. The number of fused-ring (bicyclic) bond motifs is 1. The van der Waals surface area contributed by atoms with E-state index in [-0.39, 0.29) is 11.9 Å². The SMILES string of the molecule is COc1cc(-n2cnc(Nc3nc(N4CCC[C@H]4C(=O)NCC4CC4)nc4ccoc34)c2)cc(OC)c1OC. The lowest BCUT2D eigenvalue weighted by Gasteiger charge is -2.24. The highest BCUT2D eigenvalue weighted by Crippen LogP contribution is 2.39. The van der Waals surface area contributed by atoms with Crippen LogP contribution in [0.4, 0.5) is 17.6 Å². The third-order valence-electron chi connectivity index (χ3n) is 7.14. The van der Waals surface area contributed by atoms with E-state index in [2.05, 4.69) is 15.6 Å². The van der Waals surface area contributed by atoms with Gasteiger partial charge in [0.15, 0.2) is 22.9 Å². The molecule has 204 valence electrons. The van der Waals surface area contributed by atoms with Gasteiger partial charge in [0.25, 0.3) is 0 Å². The van der Waals surface area contributed by atoms with E-state index in [0.29, 0.717) is 58.4 Å². The van der Waals surface area contributed by atoms with Crippen LogP contribution < -0.4 is 29.7 Å². The Balaban J connectivity index is 1.27. The second kappa shape index (κ2) is 10.4. The molecule has 2 aliphatic rings. The third kappa shape index (κ3) is 4.89. The van der Waals surface area contributed by atoms with Crippen molar-refractivity contribution in [1.82, 2.24) is 24.8 Å². The van der Waals surface area contributed by atoms with Crippen molar-refractivity contribution in [2.24, 2.45) is 5.92 Å². The van der Waals surface area contributed by atoms with Crippen molar-refractivity contribution in [3.8, 4) is 22.9 Å². The molecule has 1 saturated carbocycles. The van der Waals surface area contributed by atoms with E-state index in [9.17, 15) is 4.79 Å². The number of hydrogen-bond acceptors (Lipinski definition) is 10. The molecule has 2 fully saturated rings. The zero-order valence-electron chi connectivity index (χ0n) is 22.1. The van der Waals surface area contributed by atoms with Crippen molar-refractivity contribution in [2.45, 2.75) is 31.7 Å². The van der Waals surface area contributed by atoms with E-state index < -0.39 is 0 Å². The van der Waals surface area contributed by atoms with E-state index in [4.69, 9.17) is 28.6 Å². The lowest BCUT2D eigenvalue weighted by molar-refractivity contribution is -0.122. The average Bonchev–Trinajstić information content (AvgIpc) is 3.32. The topological polar surface area (TPSA) is 129 Å². The number of furan rings is 1. The summed E-state index contributed by atoms with van der Waals surface area (Å²) in [5.41, 5.74) is 1.93. The highest BCUT2D eigenvalue weighted by molar-refractivity contribution is 5.88. The highest BCUT2D eigenvalue weighted by Gasteiger charge is 2.34. The predicted octanol–water partition coefficient (Wildman–Crippen LogP) is 3.67. The third-order valence-corrected chi connectivity index (χ3v) is 7.14. The number of rotatable bonds is 10. The number of aromatic nitrogens is 4. The summed E-state index contributed by atoms with van der Waals surface area (Å²) in [6.45, 7) is 1.45. The number of hydrogen-bond donors (Lipinski definition) is 2. The Labute approximate surface area is 225 Å². The minimum atomic E-state index is -0.291. The fraction of sp³-hybridized carbons (Fsp3) is 0.407. The molecule has 39 heavy (non-hydrogen) atoms. The van der Waals surface area contributed by atoms with Crippen LogP contribution in [-0.2, 0) is 4.79 Å². The van der Waals surface area contributed by atoms with Gasteiger partial charge in [-0.2, -0.15) is 4.98 Å². The number of nitrogens with one attached hydrogen (secondary N) is 2. The number of carbonyl (C=O) groups is 1. The molecular weight excluding hydrogens is 502 g/mol. The average molecular weight is 534 g/mol. The molecule has 6 rings (SSSR count). The molecule has 0 radical (unpaired) electrons. The maximum absolute atomic E-state index is 12.9. The Kier molecular flexibility index (Phi) is 6.59. The van der Waals surface area contributed by atoms with Gasteiger partial charge in [-0.15, -0.1) is 0 Å². The summed E-state index contributed by atoms with van der Waals surface area (Å²) in [5.74, 6) is 3.75. The molecule has 1 aliphatic carbocycles. The molecule has 0 spiro atoms. The van der Waals surface area contributed by atoms with Crippen LogP contribution in [0.25, 0.3) is 16.8 Å². The van der Waals surface area contributed by atoms with Crippen molar-refractivity contribution >= 4 is 34.6 Å². The molecule has 4 aromatic rings. The minimum absolute atomic E-state index is 0.0360. The van der Waals surface area contributed by atoms with Gasteiger partial charge in [0.2, 0.25) is 17.6 Å². The Morgan fingerprint density at radius 2 is 1.90 bits per heavy atom. The first-order chi connectivity index (χ1) is 19.1. The molecule has 1 amide bonds. The molecule has 1 aliphatic heterocycles. The Morgan fingerprint density at radius 3 is 2.62 bits per heavy atom. The van der Waals surface area contributed by atoms with Gasteiger partial charge in [-0.25, -0.2) is 9.97 Å². The molecule has 4 heterocycles. The predicted molar refractivity (Wildman–Crippen MR) is 144 cm³/mol. The van der Waals surface area contributed by atoms with Crippen LogP contribution in [0.1, 0.15) is 25.7 Å². The first-order valence-electron chi connectivity index (χ1n) is 13.0. The summed E-state index contributed by atoms with van der Waals surface area (Å²) in [4.78, 5) is 28.9. The van der Waals surface area contributed by atoms with Gasteiger partial charge in [0.05, 0.1) is 39.5 Å². The van der Waals surface area contributed by atoms with Crippen LogP contribution in [-0.4, -0.2) is 65.9 Å². The van der Waals surface area contributed by atoms with Gasteiger partial charge in [0, 0.05) is 31.3 Å². The molecule has 2 N–H and O–H groups in total. The van der Waals surface area contributed by atoms with Crippen LogP contribution in [0.3, 0.4) is 0 Å². The van der Waals surface area contributed by atoms with Gasteiger partial charge in [-0.3, -0.25) is 4.79 Å². The molecule has 1 aromatic carbocycles. The zero-order valence-corrected chi connectivity index (χ0v) is 22.1. The first kappa shape index (κ1) is 24.8. The molecule has 0 unspecified atom stereocenters. The molecule has 1 atom stereocenters. The number of anilines is 3. The lowest BCUT2D eigenvalue weighted by atomic mass is 10.2. The summed E-state index contributed by atoms with van der Waals surface area (Å²) in [7, 11) is 4.71. The van der Waals surface area contributed by atoms with Crippen molar-refractivity contribution in [1.29, 1.82) is 0 Å². The van der Waals surface area contributed by atoms with Crippen LogP contribution in [0.2, 0.25) is 0 Å². The molecule has 3 aromatic heterocycles. The standard InChI is InChI=1S/C27H31N7O5/c1-36-20-11-17(12-21(37-2)24(20)38-3)33-14-22(29-15-33)31-25-23-18(8-10-39-23)30-27(32-25)34-9-4-5-19(34)26(35)28-13-16-6-7-16/h8,10-12,14-16,19H,4-7,9,13H2,1-3H3,(H,28,35)(H,30,31,32)/t19-/m0/s1. The van der Waals surface area contributed by atoms with Crippen molar-refractivity contribution in [2.75, 3.05) is 44.6 Å². The van der Waals surface area contributed by atoms with Crippen LogP contribution in [0.15, 0.2) is 41.4 Å². The van der Waals surface area contributed by atoms with E-state index in [1.54, 1.807) is 40.0 Å². The highest BCUT2D eigenvalue weighted by atomic mass is 16.5. The molecular formula is C27H31N7O5. The Hall–Kier alpha value is -4.48. The minimum Gasteiger partial charge on any atom is -0.493 e. The Bertz CT molecular complexity index is 1470. The number of methoxy groups -OCH3 is 3. The Morgan fingerprint density at radius 1 is 1.10 bits per heavy atom.